The number of benzene rings is 1. The topological polar surface area (TPSA) is 98.2 Å². The molecule has 0 atom stereocenters. The number of nitrogens with two attached hydrogens (primary N) is 1. The molecule has 3 N–H and O–H groups in total. The molecule has 0 aliphatic heterocycles. The van der Waals surface area contributed by atoms with Gasteiger partial charge in [0, 0.05) is 12.1 Å². The second kappa shape index (κ2) is 5.82. The number of hydrogen-bond acceptors (Lipinski definition) is 5. The number of aryl methyl sites for hydroxylation is 2. The molecule has 0 amide bonds. The van der Waals surface area contributed by atoms with Gasteiger partial charge in [-0.05, 0) is 24.6 Å². The minimum absolute atomic E-state index is 0.157. The Balaban J connectivity index is 2.22. The first-order chi connectivity index (χ1) is 9.83. The summed E-state index contributed by atoms with van der Waals surface area (Å²) in [6.45, 7) is 3.18. The highest BCUT2D eigenvalue weighted by molar-refractivity contribution is 7.89. The molecule has 0 saturated heterocycles. The Bertz CT molecular complexity index is 756. The zero-order valence-corrected chi connectivity index (χ0v) is 12.5. The van der Waals surface area contributed by atoms with E-state index in [0.717, 1.165) is 6.07 Å². The van der Waals surface area contributed by atoms with Crippen molar-refractivity contribution in [2.75, 3.05) is 5.73 Å². The molecule has 0 spiro atoms. The minimum atomic E-state index is -4.04. The Labute approximate surface area is 122 Å². The summed E-state index contributed by atoms with van der Waals surface area (Å²) in [5.41, 5.74) is 5.91. The SMILES string of the molecule is CCc1cnc(CNS(=O)(=O)c2cc(N)cc(C)c2F)o1. The van der Waals surface area contributed by atoms with Crippen LogP contribution in [0.5, 0.6) is 0 Å². The van der Waals surface area contributed by atoms with Crippen molar-refractivity contribution in [2.45, 2.75) is 31.7 Å². The normalized spacial score (nSPS) is 11.8. The number of nitrogens with one attached hydrogen (secondary N) is 1. The molecular formula is C13H16FN3O3S. The van der Waals surface area contributed by atoms with Crippen LogP contribution in [0.15, 0.2) is 27.6 Å². The van der Waals surface area contributed by atoms with E-state index in [1.54, 1.807) is 0 Å². The first-order valence-corrected chi connectivity index (χ1v) is 7.80. The van der Waals surface area contributed by atoms with Crippen molar-refractivity contribution in [3.63, 3.8) is 0 Å². The number of hydrogen-bond donors (Lipinski definition) is 2. The maximum Gasteiger partial charge on any atom is 0.244 e. The molecule has 2 rings (SSSR count). The fourth-order valence-corrected chi connectivity index (χ4v) is 2.94. The average molecular weight is 313 g/mol. The highest BCUT2D eigenvalue weighted by atomic mass is 32.2. The van der Waals surface area contributed by atoms with Gasteiger partial charge in [0.15, 0.2) is 0 Å². The van der Waals surface area contributed by atoms with E-state index in [9.17, 15) is 12.8 Å². The summed E-state index contributed by atoms with van der Waals surface area (Å²) in [6, 6.07) is 2.45. The lowest BCUT2D eigenvalue weighted by Gasteiger charge is -2.09. The summed E-state index contributed by atoms with van der Waals surface area (Å²) in [5.74, 6) is 0.0463. The van der Waals surface area contributed by atoms with E-state index in [1.165, 1.54) is 19.2 Å². The van der Waals surface area contributed by atoms with Crippen molar-refractivity contribution < 1.29 is 17.2 Å². The van der Waals surface area contributed by atoms with Gasteiger partial charge in [-0.15, -0.1) is 0 Å². The summed E-state index contributed by atoms with van der Waals surface area (Å²) >= 11 is 0. The number of nitrogen functional groups attached to an aromatic ring is 1. The molecule has 0 fully saturated rings. The summed E-state index contributed by atoms with van der Waals surface area (Å²) in [7, 11) is -4.04. The number of anilines is 1. The predicted octanol–water partition coefficient (Wildman–Crippen LogP) is 1.75. The van der Waals surface area contributed by atoms with Gasteiger partial charge in [-0.2, -0.15) is 0 Å². The van der Waals surface area contributed by atoms with Crippen LogP contribution >= 0.6 is 0 Å². The standard InChI is InChI=1S/C13H16FN3O3S/c1-3-10-6-16-12(20-10)7-17-21(18,19)11-5-9(15)4-8(2)13(11)14/h4-6,17H,3,7,15H2,1-2H3. The van der Waals surface area contributed by atoms with Crippen LogP contribution in [0.3, 0.4) is 0 Å². The number of halogens is 1. The van der Waals surface area contributed by atoms with E-state index < -0.39 is 20.7 Å². The zero-order chi connectivity index (χ0) is 15.6. The van der Waals surface area contributed by atoms with E-state index in [1.807, 2.05) is 6.92 Å². The Morgan fingerprint density at radius 2 is 2.14 bits per heavy atom. The third-order valence-electron chi connectivity index (χ3n) is 2.90. The second-order valence-electron chi connectivity index (χ2n) is 4.55. The second-order valence-corrected chi connectivity index (χ2v) is 6.28. The molecular weight excluding hydrogens is 297 g/mol. The molecule has 1 heterocycles. The van der Waals surface area contributed by atoms with Crippen LogP contribution in [0, 0.1) is 12.7 Å². The molecule has 0 saturated carbocycles. The predicted molar refractivity (Wildman–Crippen MR) is 75.5 cm³/mol. The Morgan fingerprint density at radius 3 is 2.76 bits per heavy atom. The van der Waals surface area contributed by atoms with Gasteiger partial charge in [0.1, 0.15) is 16.5 Å². The maximum absolute atomic E-state index is 13.9. The highest BCUT2D eigenvalue weighted by Crippen LogP contribution is 2.21. The quantitative estimate of drug-likeness (QED) is 0.819. The van der Waals surface area contributed by atoms with E-state index in [-0.39, 0.29) is 23.7 Å². The van der Waals surface area contributed by atoms with Crippen LogP contribution in [0.25, 0.3) is 0 Å². The van der Waals surface area contributed by atoms with E-state index in [4.69, 9.17) is 10.2 Å². The molecule has 0 unspecified atom stereocenters. The molecule has 1 aromatic carbocycles. The number of aromatic nitrogens is 1. The molecule has 2 aromatic rings. The van der Waals surface area contributed by atoms with E-state index in [0.29, 0.717) is 12.2 Å². The van der Waals surface area contributed by atoms with Crippen molar-refractivity contribution in [1.82, 2.24) is 9.71 Å². The minimum Gasteiger partial charge on any atom is -0.444 e. The van der Waals surface area contributed by atoms with Crippen LogP contribution in [0.1, 0.15) is 24.1 Å². The lowest BCUT2D eigenvalue weighted by molar-refractivity contribution is 0.451. The van der Waals surface area contributed by atoms with Gasteiger partial charge < -0.3 is 10.2 Å². The molecule has 21 heavy (non-hydrogen) atoms. The summed E-state index contributed by atoms with van der Waals surface area (Å²) in [4.78, 5) is 3.45. The fraction of sp³-hybridized carbons (Fsp3) is 0.308. The van der Waals surface area contributed by atoms with Crippen molar-refractivity contribution in [1.29, 1.82) is 0 Å². The van der Waals surface area contributed by atoms with E-state index >= 15 is 0 Å². The molecule has 1 aromatic heterocycles. The van der Waals surface area contributed by atoms with Crippen molar-refractivity contribution in [3.8, 4) is 0 Å². The van der Waals surface area contributed by atoms with E-state index in [2.05, 4.69) is 9.71 Å². The number of oxazole rings is 1. The summed E-state index contributed by atoms with van der Waals surface area (Å²) < 4.78 is 45.7. The average Bonchev–Trinajstić information content (AvgIpc) is 2.88. The van der Waals surface area contributed by atoms with Crippen molar-refractivity contribution in [2.24, 2.45) is 0 Å². The van der Waals surface area contributed by atoms with Crippen molar-refractivity contribution >= 4 is 15.7 Å². The molecule has 0 aliphatic carbocycles. The lowest BCUT2D eigenvalue weighted by Crippen LogP contribution is -2.24. The first-order valence-electron chi connectivity index (χ1n) is 6.32. The van der Waals surface area contributed by atoms with Gasteiger partial charge >= 0.3 is 0 Å². The molecule has 6 nitrogen and oxygen atoms in total. The van der Waals surface area contributed by atoms with Crippen LogP contribution in [-0.2, 0) is 23.0 Å². The number of sulfonamides is 1. The monoisotopic (exact) mass is 313 g/mol. The van der Waals surface area contributed by atoms with Gasteiger partial charge in [0.25, 0.3) is 0 Å². The van der Waals surface area contributed by atoms with Crippen LogP contribution in [-0.4, -0.2) is 13.4 Å². The smallest absolute Gasteiger partial charge is 0.244 e. The molecule has 8 heteroatoms. The molecule has 0 aliphatic rings. The fourth-order valence-electron chi connectivity index (χ4n) is 1.79. The molecule has 114 valence electrons. The highest BCUT2D eigenvalue weighted by Gasteiger charge is 2.21. The van der Waals surface area contributed by atoms with Crippen LogP contribution < -0.4 is 10.5 Å². The Morgan fingerprint density at radius 1 is 1.43 bits per heavy atom. The lowest BCUT2D eigenvalue weighted by atomic mass is 10.2. The van der Waals surface area contributed by atoms with Gasteiger partial charge in [-0.25, -0.2) is 22.5 Å². The Kier molecular flexibility index (Phi) is 4.29. The first kappa shape index (κ1) is 15.5. The van der Waals surface area contributed by atoms with Gasteiger partial charge in [0.05, 0.1) is 12.7 Å². The Hall–Kier alpha value is -1.93. The summed E-state index contributed by atoms with van der Waals surface area (Å²) in [6.07, 6.45) is 2.18. The largest absolute Gasteiger partial charge is 0.444 e. The molecule has 0 bridgehead atoms. The third-order valence-corrected chi connectivity index (χ3v) is 4.30. The third kappa shape index (κ3) is 3.40. The van der Waals surface area contributed by atoms with Crippen LogP contribution in [0.2, 0.25) is 0 Å². The zero-order valence-electron chi connectivity index (χ0n) is 11.7. The van der Waals surface area contributed by atoms with Gasteiger partial charge in [-0.1, -0.05) is 6.92 Å². The number of rotatable bonds is 5. The van der Waals surface area contributed by atoms with Gasteiger partial charge in [0.2, 0.25) is 15.9 Å². The maximum atomic E-state index is 13.9. The van der Waals surface area contributed by atoms with Crippen LogP contribution in [0.4, 0.5) is 10.1 Å². The molecule has 0 radical (unpaired) electrons. The number of nitrogens with zero attached hydrogens (tertiary/aromatic N) is 1. The van der Waals surface area contributed by atoms with Gasteiger partial charge in [-0.3, -0.25) is 0 Å². The van der Waals surface area contributed by atoms with Crippen molar-refractivity contribution in [3.05, 3.63) is 41.4 Å². The summed E-state index contributed by atoms with van der Waals surface area (Å²) in [5, 5.41) is 0.